The molecule has 34 heavy (non-hydrogen) atoms. The molecule has 0 bridgehead atoms. The molecular formula is C26H29ClN2O3S2. The largest absolute Gasteiger partial charge is 0.491 e. The molecule has 0 unspecified atom stereocenters. The third-order valence-corrected chi connectivity index (χ3v) is 8.32. The molecule has 2 aromatic heterocycles. The van der Waals surface area contributed by atoms with Crippen LogP contribution in [0.5, 0.6) is 5.75 Å². The molecule has 1 aliphatic rings. The summed E-state index contributed by atoms with van der Waals surface area (Å²) in [5, 5.41) is 4.62. The molecule has 0 fully saturated rings. The molecule has 0 radical (unpaired) electrons. The van der Waals surface area contributed by atoms with Gasteiger partial charge in [-0.05, 0) is 65.1 Å². The quantitative estimate of drug-likeness (QED) is 0.342. The molecule has 0 spiro atoms. The lowest BCUT2D eigenvalue weighted by molar-refractivity contribution is -0.135. The van der Waals surface area contributed by atoms with Crippen LogP contribution < -0.4 is 4.74 Å². The third-order valence-electron chi connectivity index (χ3n) is 6.21. The van der Waals surface area contributed by atoms with Crippen molar-refractivity contribution in [3.05, 3.63) is 73.6 Å². The van der Waals surface area contributed by atoms with E-state index in [4.69, 9.17) is 16.3 Å². The zero-order valence-electron chi connectivity index (χ0n) is 19.4. The Hall–Kier alpha value is -2.35. The standard InChI is InChI=1S/C26H29ClN2O3S2/c1-3-18(2)15-28(26(31)24-5-4-13-33-24)16-25(30)29-12-10-23-21(11-14-34-23)22(29)17-32-20-8-6-19(27)7-9-20/h4-9,11,13-14,18,22H,3,10,12,15-17H2,1-2H3/t18-,22-/m1/s1. The zero-order chi connectivity index (χ0) is 24.1. The van der Waals surface area contributed by atoms with Crippen molar-refractivity contribution in [2.45, 2.75) is 32.7 Å². The Morgan fingerprint density at radius 1 is 1.18 bits per heavy atom. The lowest BCUT2D eigenvalue weighted by Gasteiger charge is -2.37. The van der Waals surface area contributed by atoms with E-state index in [0.29, 0.717) is 41.3 Å². The monoisotopic (exact) mass is 516 g/mol. The zero-order valence-corrected chi connectivity index (χ0v) is 21.8. The minimum Gasteiger partial charge on any atom is -0.491 e. The normalized spacial score (nSPS) is 16.1. The van der Waals surface area contributed by atoms with E-state index in [2.05, 4.69) is 25.3 Å². The lowest BCUT2D eigenvalue weighted by Crippen LogP contribution is -2.48. The first kappa shape index (κ1) is 24.8. The molecule has 8 heteroatoms. The summed E-state index contributed by atoms with van der Waals surface area (Å²) in [5.74, 6) is 0.900. The molecule has 180 valence electrons. The van der Waals surface area contributed by atoms with E-state index >= 15 is 0 Å². The second-order valence-electron chi connectivity index (χ2n) is 8.59. The number of ether oxygens (including phenoxy) is 1. The Morgan fingerprint density at radius 2 is 1.97 bits per heavy atom. The number of halogens is 1. The summed E-state index contributed by atoms with van der Waals surface area (Å²) in [6.07, 6.45) is 1.77. The van der Waals surface area contributed by atoms with Crippen LogP contribution in [0.15, 0.2) is 53.2 Å². The number of benzene rings is 1. The van der Waals surface area contributed by atoms with Gasteiger partial charge < -0.3 is 14.5 Å². The number of rotatable bonds is 9. The fraction of sp³-hybridized carbons (Fsp3) is 0.385. The summed E-state index contributed by atoms with van der Waals surface area (Å²) in [6.45, 7) is 5.81. The Kier molecular flexibility index (Phi) is 8.29. The second-order valence-corrected chi connectivity index (χ2v) is 11.0. The smallest absolute Gasteiger partial charge is 0.264 e. The van der Waals surface area contributed by atoms with Gasteiger partial charge in [0.2, 0.25) is 5.91 Å². The molecule has 4 rings (SSSR count). The molecule has 2 atom stereocenters. The summed E-state index contributed by atoms with van der Waals surface area (Å²) in [4.78, 5) is 32.4. The Labute approximate surface area is 213 Å². The Balaban J connectivity index is 1.52. The number of carbonyl (C=O) groups excluding carboxylic acids is 2. The van der Waals surface area contributed by atoms with Crippen molar-refractivity contribution in [1.29, 1.82) is 0 Å². The Bertz CT molecular complexity index is 1100. The number of amides is 2. The van der Waals surface area contributed by atoms with E-state index in [0.717, 1.165) is 18.4 Å². The highest BCUT2D eigenvalue weighted by atomic mass is 35.5. The Morgan fingerprint density at radius 3 is 2.68 bits per heavy atom. The van der Waals surface area contributed by atoms with Gasteiger partial charge in [-0.3, -0.25) is 9.59 Å². The maximum Gasteiger partial charge on any atom is 0.264 e. The van der Waals surface area contributed by atoms with Gasteiger partial charge in [0.25, 0.3) is 5.91 Å². The first-order valence-corrected chi connectivity index (χ1v) is 13.7. The van der Waals surface area contributed by atoms with Crippen LogP contribution >= 0.6 is 34.3 Å². The van der Waals surface area contributed by atoms with Crippen molar-refractivity contribution in [2.75, 3.05) is 26.2 Å². The maximum atomic E-state index is 13.6. The van der Waals surface area contributed by atoms with Gasteiger partial charge >= 0.3 is 0 Å². The minimum atomic E-state index is -0.194. The van der Waals surface area contributed by atoms with E-state index in [-0.39, 0.29) is 24.4 Å². The molecule has 0 aliphatic carbocycles. The van der Waals surface area contributed by atoms with E-state index in [1.54, 1.807) is 28.4 Å². The van der Waals surface area contributed by atoms with Crippen LogP contribution in [0.4, 0.5) is 0 Å². The van der Waals surface area contributed by atoms with Crippen molar-refractivity contribution in [2.24, 2.45) is 5.92 Å². The predicted octanol–water partition coefficient (Wildman–Crippen LogP) is 6.16. The van der Waals surface area contributed by atoms with Crippen molar-refractivity contribution >= 4 is 46.1 Å². The minimum absolute atomic E-state index is 0.0465. The van der Waals surface area contributed by atoms with Crippen LogP contribution in [0.25, 0.3) is 0 Å². The predicted molar refractivity (Wildman–Crippen MR) is 139 cm³/mol. The van der Waals surface area contributed by atoms with Crippen molar-refractivity contribution in [3.8, 4) is 5.75 Å². The lowest BCUT2D eigenvalue weighted by atomic mass is 10.00. The van der Waals surface area contributed by atoms with E-state index < -0.39 is 0 Å². The number of carbonyl (C=O) groups is 2. The molecule has 0 saturated carbocycles. The third kappa shape index (κ3) is 5.82. The fourth-order valence-electron chi connectivity index (χ4n) is 4.12. The van der Waals surface area contributed by atoms with Gasteiger partial charge in [-0.15, -0.1) is 22.7 Å². The van der Waals surface area contributed by atoms with Crippen molar-refractivity contribution in [1.82, 2.24) is 9.80 Å². The highest BCUT2D eigenvalue weighted by molar-refractivity contribution is 7.12. The van der Waals surface area contributed by atoms with Crippen LogP contribution in [0, 0.1) is 5.92 Å². The first-order chi connectivity index (χ1) is 16.5. The van der Waals surface area contributed by atoms with Gasteiger partial charge in [-0.1, -0.05) is 37.9 Å². The molecule has 1 aliphatic heterocycles. The van der Waals surface area contributed by atoms with Crippen molar-refractivity contribution in [3.63, 3.8) is 0 Å². The second kappa shape index (κ2) is 11.4. The molecule has 5 nitrogen and oxygen atoms in total. The van der Waals surface area contributed by atoms with Crippen LogP contribution in [0.2, 0.25) is 5.02 Å². The number of fused-ring (bicyclic) bond motifs is 1. The number of hydrogen-bond acceptors (Lipinski definition) is 5. The molecule has 2 amide bonds. The number of hydrogen-bond donors (Lipinski definition) is 0. The van der Waals surface area contributed by atoms with Crippen molar-refractivity contribution < 1.29 is 14.3 Å². The van der Waals surface area contributed by atoms with Gasteiger partial charge in [0.15, 0.2) is 0 Å². The number of thiophene rings is 2. The molecular weight excluding hydrogens is 488 g/mol. The SMILES string of the molecule is CC[C@@H](C)CN(CC(=O)N1CCc2sccc2[C@H]1COc1ccc(Cl)cc1)C(=O)c1cccs1. The summed E-state index contributed by atoms with van der Waals surface area (Å²) >= 11 is 9.13. The average Bonchev–Trinajstić information content (AvgIpc) is 3.54. The highest BCUT2D eigenvalue weighted by Crippen LogP contribution is 2.34. The van der Waals surface area contributed by atoms with Crippen LogP contribution in [0.3, 0.4) is 0 Å². The van der Waals surface area contributed by atoms with Gasteiger partial charge in [0, 0.05) is 23.0 Å². The molecule has 0 saturated heterocycles. The molecule has 3 aromatic rings. The van der Waals surface area contributed by atoms with E-state index in [9.17, 15) is 9.59 Å². The van der Waals surface area contributed by atoms with Gasteiger partial charge in [0.1, 0.15) is 18.9 Å². The summed E-state index contributed by atoms with van der Waals surface area (Å²) in [5.41, 5.74) is 1.14. The average molecular weight is 517 g/mol. The van der Waals surface area contributed by atoms with Gasteiger partial charge in [-0.25, -0.2) is 0 Å². The summed E-state index contributed by atoms with van der Waals surface area (Å²) < 4.78 is 6.07. The van der Waals surface area contributed by atoms with Crippen LogP contribution in [-0.2, 0) is 11.2 Å². The van der Waals surface area contributed by atoms with E-state index in [1.165, 1.54) is 16.2 Å². The van der Waals surface area contributed by atoms with Gasteiger partial charge in [0.05, 0.1) is 10.9 Å². The highest BCUT2D eigenvalue weighted by Gasteiger charge is 2.34. The first-order valence-electron chi connectivity index (χ1n) is 11.5. The molecule has 3 heterocycles. The molecule has 0 N–H and O–H groups in total. The van der Waals surface area contributed by atoms with E-state index in [1.807, 2.05) is 34.5 Å². The fourth-order valence-corrected chi connectivity index (χ4v) is 5.86. The van der Waals surface area contributed by atoms with Crippen LogP contribution in [0.1, 0.15) is 46.4 Å². The summed E-state index contributed by atoms with van der Waals surface area (Å²) in [7, 11) is 0. The topological polar surface area (TPSA) is 49.9 Å². The van der Waals surface area contributed by atoms with Crippen LogP contribution in [-0.4, -0.2) is 47.9 Å². The molecule has 1 aromatic carbocycles. The summed E-state index contributed by atoms with van der Waals surface area (Å²) in [6, 6.07) is 12.8. The number of nitrogens with zero attached hydrogens (tertiary/aromatic N) is 2. The maximum absolute atomic E-state index is 13.6. The van der Waals surface area contributed by atoms with Gasteiger partial charge in [-0.2, -0.15) is 0 Å².